The Kier molecular flexibility index (Phi) is 6.04. The monoisotopic (exact) mass is 352 g/mol. The second-order valence-corrected chi connectivity index (χ2v) is 8.53. The van der Waals surface area contributed by atoms with Crippen molar-refractivity contribution in [3.05, 3.63) is 16.0 Å². The van der Waals surface area contributed by atoms with Gasteiger partial charge in [0.25, 0.3) is 0 Å². The molecule has 1 atom stereocenters. The van der Waals surface area contributed by atoms with Crippen LogP contribution in [0.15, 0.2) is 0 Å². The zero-order chi connectivity index (χ0) is 17.9. The Hall–Kier alpha value is -1.40. The molecule has 0 fully saturated rings. The minimum absolute atomic E-state index is 0.134. The minimum Gasteiger partial charge on any atom is -0.462 e. The molecule has 5 nitrogen and oxygen atoms in total. The predicted molar refractivity (Wildman–Crippen MR) is 97.8 cm³/mol. The summed E-state index contributed by atoms with van der Waals surface area (Å²) in [6.45, 7) is 10.6. The fourth-order valence-corrected chi connectivity index (χ4v) is 4.19. The van der Waals surface area contributed by atoms with Crippen molar-refractivity contribution in [2.24, 2.45) is 5.92 Å². The van der Waals surface area contributed by atoms with Gasteiger partial charge in [0.2, 0.25) is 5.91 Å². The van der Waals surface area contributed by atoms with Gasteiger partial charge in [-0.1, -0.05) is 6.92 Å². The van der Waals surface area contributed by atoms with Crippen molar-refractivity contribution in [2.75, 3.05) is 18.5 Å². The number of nitrogens with one attached hydrogen (secondary N) is 2. The van der Waals surface area contributed by atoms with Crippen molar-refractivity contribution < 1.29 is 14.3 Å². The average Bonchev–Trinajstić information content (AvgIpc) is 2.81. The largest absolute Gasteiger partial charge is 0.462 e. The van der Waals surface area contributed by atoms with Crippen molar-refractivity contribution in [2.45, 2.75) is 59.4 Å². The van der Waals surface area contributed by atoms with E-state index < -0.39 is 0 Å². The van der Waals surface area contributed by atoms with Crippen LogP contribution >= 0.6 is 11.3 Å². The van der Waals surface area contributed by atoms with Crippen LogP contribution in [0.25, 0.3) is 0 Å². The van der Waals surface area contributed by atoms with E-state index in [4.69, 9.17) is 4.74 Å². The smallest absolute Gasteiger partial charge is 0.341 e. The highest BCUT2D eigenvalue weighted by atomic mass is 32.1. The maximum Gasteiger partial charge on any atom is 0.341 e. The summed E-state index contributed by atoms with van der Waals surface area (Å²) >= 11 is 1.52. The topological polar surface area (TPSA) is 67.4 Å². The van der Waals surface area contributed by atoms with Gasteiger partial charge in [0.15, 0.2) is 0 Å². The van der Waals surface area contributed by atoms with Crippen molar-refractivity contribution in [1.82, 2.24) is 5.32 Å². The number of esters is 1. The first-order chi connectivity index (χ1) is 11.2. The van der Waals surface area contributed by atoms with Crippen molar-refractivity contribution in [3.8, 4) is 0 Å². The van der Waals surface area contributed by atoms with Crippen LogP contribution in [0.4, 0.5) is 5.00 Å². The summed E-state index contributed by atoms with van der Waals surface area (Å²) in [6.07, 6.45) is 2.90. The molecule has 1 aromatic rings. The molecule has 0 aromatic carbocycles. The summed E-state index contributed by atoms with van der Waals surface area (Å²) in [5.41, 5.74) is 1.49. The third-order valence-corrected chi connectivity index (χ3v) is 5.19. The Morgan fingerprint density at radius 3 is 2.67 bits per heavy atom. The van der Waals surface area contributed by atoms with E-state index in [-0.39, 0.29) is 24.0 Å². The molecule has 1 aliphatic rings. The maximum absolute atomic E-state index is 12.4. The molecule has 0 saturated heterocycles. The third-order valence-electron chi connectivity index (χ3n) is 4.02. The number of fused-ring (bicyclic) bond motifs is 1. The first-order valence-electron chi connectivity index (χ1n) is 8.57. The van der Waals surface area contributed by atoms with Crippen LogP contribution in [0.5, 0.6) is 0 Å². The van der Waals surface area contributed by atoms with E-state index in [2.05, 4.69) is 17.6 Å². The van der Waals surface area contributed by atoms with Crippen LogP contribution < -0.4 is 10.6 Å². The van der Waals surface area contributed by atoms with Crippen LogP contribution in [0.3, 0.4) is 0 Å². The Morgan fingerprint density at radius 1 is 1.33 bits per heavy atom. The van der Waals surface area contributed by atoms with Gasteiger partial charge >= 0.3 is 5.97 Å². The fraction of sp³-hybridized carbons (Fsp3) is 0.667. The SMILES string of the molecule is CCOC(=O)c1c(NC(=O)CNC(C)(C)C)sc2c1CC[C@@H](C)C2. The number of hydrogen-bond acceptors (Lipinski definition) is 5. The van der Waals surface area contributed by atoms with Gasteiger partial charge < -0.3 is 15.4 Å². The Morgan fingerprint density at radius 2 is 2.04 bits per heavy atom. The number of carbonyl (C=O) groups excluding carboxylic acids is 2. The number of anilines is 1. The molecule has 1 heterocycles. The number of hydrogen-bond donors (Lipinski definition) is 2. The lowest BCUT2D eigenvalue weighted by molar-refractivity contribution is -0.115. The van der Waals surface area contributed by atoms with Gasteiger partial charge in [-0.15, -0.1) is 11.3 Å². The first-order valence-corrected chi connectivity index (χ1v) is 9.39. The van der Waals surface area contributed by atoms with Gasteiger partial charge in [0.1, 0.15) is 5.00 Å². The van der Waals surface area contributed by atoms with Gasteiger partial charge in [-0.3, -0.25) is 4.79 Å². The van der Waals surface area contributed by atoms with E-state index in [0.717, 1.165) is 24.8 Å². The molecule has 0 aliphatic heterocycles. The third kappa shape index (κ3) is 4.80. The van der Waals surface area contributed by atoms with Crippen molar-refractivity contribution >= 4 is 28.2 Å². The normalized spacial score (nSPS) is 17.3. The van der Waals surface area contributed by atoms with Crippen LogP contribution in [0.1, 0.15) is 61.8 Å². The molecule has 24 heavy (non-hydrogen) atoms. The second kappa shape index (κ2) is 7.66. The van der Waals surface area contributed by atoms with Crippen LogP contribution in [0, 0.1) is 5.92 Å². The van der Waals surface area contributed by atoms with E-state index >= 15 is 0 Å². The molecule has 0 unspecified atom stereocenters. The molecule has 134 valence electrons. The number of amides is 1. The zero-order valence-electron chi connectivity index (χ0n) is 15.2. The van der Waals surface area contributed by atoms with Crippen LogP contribution in [-0.4, -0.2) is 30.6 Å². The molecule has 0 spiro atoms. The average molecular weight is 353 g/mol. The van der Waals surface area contributed by atoms with Crippen LogP contribution in [-0.2, 0) is 22.4 Å². The van der Waals surface area contributed by atoms with E-state index in [1.807, 2.05) is 20.8 Å². The molecule has 1 aliphatic carbocycles. The van der Waals surface area contributed by atoms with E-state index in [9.17, 15) is 9.59 Å². The molecule has 0 bridgehead atoms. The van der Waals surface area contributed by atoms with Crippen molar-refractivity contribution in [1.29, 1.82) is 0 Å². The zero-order valence-corrected chi connectivity index (χ0v) is 16.1. The Labute approximate surface area is 148 Å². The minimum atomic E-state index is -0.330. The molecule has 0 saturated carbocycles. The van der Waals surface area contributed by atoms with E-state index in [1.54, 1.807) is 6.92 Å². The fourth-order valence-electron chi connectivity index (χ4n) is 2.77. The molecule has 1 aromatic heterocycles. The second-order valence-electron chi connectivity index (χ2n) is 7.43. The highest BCUT2D eigenvalue weighted by Crippen LogP contribution is 2.40. The van der Waals surface area contributed by atoms with Crippen LogP contribution in [0.2, 0.25) is 0 Å². The number of ether oxygens (including phenoxy) is 1. The molecular formula is C18H28N2O3S. The van der Waals surface area contributed by atoms with Gasteiger partial charge in [0.05, 0.1) is 18.7 Å². The highest BCUT2D eigenvalue weighted by Gasteiger charge is 2.29. The summed E-state index contributed by atoms with van der Waals surface area (Å²) in [5, 5.41) is 6.70. The maximum atomic E-state index is 12.4. The molecule has 2 N–H and O–H groups in total. The molecule has 0 radical (unpaired) electrons. The van der Waals surface area contributed by atoms with Gasteiger partial charge in [-0.05, 0) is 58.4 Å². The standard InChI is InChI=1S/C18H28N2O3S/c1-6-23-17(22)15-12-8-7-11(2)9-13(12)24-16(15)20-14(21)10-19-18(3,4)5/h11,19H,6-10H2,1-5H3,(H,20,21)/t11-/m1/s1. The van der Waals surface area contributed by atoms with Gasteiger partial charge in [-0.2, -0.15) is 0 Å². The number of carbonyl (C=O) groups is 2. The lowest BCUT2D eigenvalue weighted by Crippen LogP contribution is -2.41. The molecule has 6 heteroatoms. The summed E-state index contributed by atoms with van der Waals surface area (Å²) in [4.78, 5) is 25.9. The Balaban J connectivity index is 2.22. The summed E-state index contributed by atoms with van der Waals surface area (Å²) in [7, 11) is 0. The quantitative estimate of drug-likeness (QED) is 0.797. The number of thiophene rings is 1. The van der Waals surface area contributed by atoms with E-state index in [1.165, 1.54) is 16.2 Å². The summed E-state index contributed by atoms with van der Waals surface area (Å²) < 4.78 is 5.22. The molecule has 1 amide bonds. The summed E-state index contributed by atoms with van der Waals surface area (Å²) in [5.74, 6) is 0.142. The van der Waals surface area contributed by atoms with Crippen molar-refractivity contribution in [3.63, 3.8) is 0 Å². The lowest BCUT2D eigenvalue weighted by Gasteiger charge is -2.20. The Bertz CT molecular complexity index is 617. The lowest BCUT2D eigenvalue weighted by atomic mass is 9.88. The van der Waals surface area contributed by atoms with E-state index in [0.29, 0.717) is 23.1 Å². The van der Waals surface area contributed by atoms with Gasteiger partial charge in [-0.25, -0.2) is 4.79 Å². The predicted octanol–water partition coefficient (Wildman–Crippen LogP) is 3.38. The molecule has 2 rings (SSSR count). The summed E-state index contributed by atoms with van der Waals surface area (Å²) in [6, 6.07) is 0. The number of rotatable bonds is 5. The molecular weight excluding hydrogens is 324 g/mol. The highest BCUT2D eigenvalue weighted by molar-refractivity contribution is 7.17. The van der Waals surface area contributed by atoms with Gasteiger partial charge in [0, 0.05) is 10.4 Å². The first kappa shape index (κ1) is 18.9.